The van der Waals surface area contributed by atoms with E-state index in [2.05, 4.69) is 34.6 Å². The van der Waals surface area contributed by atoms with Crippen molar-refractivity contribution in [3.63, 3.8) is 0 Å². The largest absolute Gasteiger partial charge is 0.0599 e. The van der Waals surface area contributed by atoms with E-state index in [1.807, 2.05) is 0 Å². The van der Waals surface area contributed by atoms with Crippen molar-refractivity contribution in [2.45, 2.75) is 41.0 Å². The van der Waals surface area contributed by atoms with Crippen molar-refractivity contribution < 1.29 is 0 Å². The highest BCUT2D eigenvalue weighted by Crippen LogP contribution is 2.60. The minimum absolute atomic E-state index is 0.545. The highest BCUT2D eigenvalue weighted by molar-refractivity contribution is 5.00. The van der Waals surface area contributed by atoms with Gasteiger partial charge in [-0.2, -0.15) is 0 Å². The summed E-state index contributed by atoms with van der Waals surface area (Å²) < 4.78 is 0. The van der Waals surface area contributed by atoms with E-state index >= 15 is 0 Å². The molecule has 0 aromatic heterocycles. The summed E-state index contributed by atoms with van der Waals surface area (Å²) in [5, 5.41) is 0. The Hall–Kier alpha value is 0. The van der Waals surface area contributed by atoms with Crippen LogP contribution in [0, 0.1) is 16.7 Å². The molecule has 1 atom stereocenters. The summed E-state index contributed by atoms with van der Waals surface area (Å²) in [4.78, 5) is 0. The smallest absolute Gasteiger partial charge is 0.0309 e. The Morgan fingerprint density at radius 2 is 1.56 bits per heavy atom. The summed E-state index contributed by atoms with van der Waals surface area (Å²) in [5.41, 5.74) is 1.20. The summed E-state index contributed by atoms with van der Waals surface area (Å²) in [6.07, 6.45) is 1.43. The fourth-order valence-electron chi connectivity index (χ4n) is 1.95. The Kier molecular flexibility index (Phi) is 1.21. The van der Waals surface area contributed by atoms with Crippen LogP contribution in [0.4, 0.5) is 0 Å². The molecule has 1 saturated carbocycles. The Labute approximate surface area is 58.7 Å². The van der Waals surface area contributed by atoms with Gasteiger partial charge in [-0.05, 0) is 23.2 Å². The number of hydrogen-bond acceptors (Lipinski definition) is 0. The Morgan fingerprint density at radius 1 is 1.22 bits per heavy atom. The first kappa shape index (κ1) is 7.11. The Morgan fingerprint density at radius 3 is 1.56 bits per heavy atom. The molecule has 0 saturated heterocycles. The fraction of sp³-hybridized carbons (Fsp3) is 1.00. The van der Waals surface area contributed by atoms with E-state index in [1.165, 1.54) is 6.42 Å². The van der Waals surface area contributed by atoms with Crippen LogP contribution >= 0.6 is 0 Å². The van der Waals surface area contributed by atoms with E-state index in [4.69, 9.17) is 0 Å². The quantitative estimate of drug-likeness (QED) is 0.468. The summed E-state index contributed by atoms with van der Waals surface area (Å²) in [7, 11) is 0. The molecule has 0 amide bonds. The zero-order valence-electron chi connectivity index (χ0n) is 7.28. The second kappa shape index (κ2) is 1.53. The lowest BCUT2D eigenvalue weighted by Crippen LogP contribution is -2.11. The summed E-state index contributed by atoms with van der Waals surface area (Å²) in [6, 6.07) is 0. The molecular weight excluding hydrogens is 108 g/mol. The van der Waals surface area contributed by atoms with Crippen molar-refractivity contribution in [3.8, 4) is 0 Å². The van der Waals surface area contributed by atoms with Crippen LogP contribution in [0.3, 0.4) is 0 Å². The normalized spacial score (nSPS) is 32.3. The molecule has 0 bridgehead atoms. The molecule has 0 heterocycles. The maximum Gasteiger partial charge on any atom is -0.0309 e. The highest BCUT2D eigenvalue weighted by Gasteiger charge is 2.51. The number of rotatable bonds is 0. The molecular formula is C9H18. The molecule has 1 aliphatic carbocycles. The highest BCUT2D eigenvalue weighted by atomic mass is 14.6. The van der Waals surface area contributed by atoms with Crippen LogP contribution in [0.2, 0.25) is 0 Å². The molecule has 0 aromatic carbocycles. The van der Waals surface area contributed by atoms with E-state index in [1.54, 1.807) is 0 Å². The maximum atomic E-state index is 2.36. The summed E-state index contributed by atoms with van der Waals surface area (Å²) >= 11 is 0. The van der Waals surface area contributed by atoms with Crippen LogP contribution in [0.25, 0.3) is 0 Å². The molecule has 1 unspecified atom stereocenters. The third-order valence-corrected chi connectivity index (χ3v) is 2.56. The van der Waals surface area contributed by atoms with Crippen molar-refractivity contribution in [2.75, 3.05) is 0 Å². The predicted octanol–water partition coefficient (Wildman–Crippen LogP) is 3.08. The lowest BCUT2D eigenvalue weighted by Gasteiger charge is -2.19. The lowest BCUT2D eigenvalue weighted by molar-refractivity contribution is 0.301. The molecule has 54 valence electrons. The van der Waals surface area contributed by atoms with E-state index in [-0.39, 0.29) is 0 Å². The topological polar surface area (TPSA) is 0 Å². The van der Waals surface area contributed by atoms with Crippen molar-refractivity contribution in [3.05, 3.63) is 0 Å². The molecule has 0 heteroatoms. The zero-order valence-corrected chi connectivity index (χ0v) is 7.28. The van der Waals surface area contributed by atoms with Crippen LogP contribution in [0.1, 0.15) is 41.0 Å². The molecule has 1 rings (SSSR count). The van der Waals surface area contributed by atoms with Crippen molar-refractivity contribution in [1.29, 1.82) is 0 Å². The molecule has 1 fully saturated rings. The standard InChI is InChI=1S/C9H18/c1-8(2,3)7-6-9(7,4)5/h7H,6H2,1-5H3. The van der Waals surface area contributed by atoms with E-state index in [0.29, 0.717) is 10.8 Å². The van der Waals surface area contributed by atoms with Gasteiger partial charge in [-0.3, -0.25) is 0 Å². The SMILES string of the molecule is CC(C)(C)C1CC1(C)C. The van der Waals surface area contributed by atoms with Gasteiger partial charge in [0.05, 0.1) is 0 Å². The van der Waals surface area contributed by atoms with Gasteiger partial charge in [-0.15, -0.1) is 0 Å². The van der Waals surface area contributed by atoms with Crippen LogP contribution < -0.4 is 0 Å². The minimum Gasteiger partial charge on any atom is -0.0599 e. The molecule has 0 aromatic rings. The van der Waals surface area contributed by atoms with Gasteiger partial charge in [0.2, 0.25) is 0 Å². The van der Waals surface area contributed by atoms with Crippen LogP contribution in [-0.4, -0.2) is 0 Å². The van der Waals surface area contributed by atoms with Gasteiger partial charge in [0, 0.05) is 0 Å². The third-order valence-electron chi connectivity index (χ3n) is 2.56. The van der Waals surface area contributed by atoms with Gasteiger partial charge in [-0.25, -0.2) is 0 Å². The second-order valence-electron chi connectivity index (χ2n) is 5.11. The summed E-state index contributed by atoms with van der Waals surface area (Å²) in [6.45, 7) is 11.7. The molecule has 1 aliphatic rings. The predicted molar refractivity (Wildman–Crippen MR) is 41.3 cm³/mol. The van der Waals surface area contributed by atoms with Crippen molar-refractivity contribution in [1.82, 2.24) is 0 Å². The maximum absolute atomic E-state index is 2.36. The van der Waals surface area contributed by atoms with E-state index in [9.17, 15) is 0 Å². The molecule has 0 aliphatic heterocycles. The van der Waals surface area contributed by atoms with Crippen LogP contribution in [-0.2, 0) is 0 Å². The van der Waals surface area contributed by atoms with E-state index in [0.717, 1.165) is 5.92 Å². The molecule has 0 nitrogen and oxygen atoms in total. The third kappa shape index (κ3) is 1.28. The van der Waals surface area contributed by atoms with Gasteiger partial charge in [0.25, 0.3) is 0 Å². The second-order valence-corrected chi connectivity index (χ2v) is 5.11. The molecule has 0 radical (unpaired) electrons. The van der Waals surface area contributed by atoms with Gasteiger partial charge in [0.1, 0.15) is 0 Å². The first-order valence-corrected chi connectivity index (χ1v) is 3.84. The van der Waals surface area contributed by atoms with Crippen molar-refractivity contribution >= 4 is 0 Å². The number of hydrogen-bond donors (Lipinski definition) is 0. The van der Waals surface area contributed by atoms with Gasteiger partial charge >= 0.3 is 0 Å². The van der Waals surface area contributed by atoms with Crippen LogP contribution in [0.15, 0.2) is 0 Å². The average molecular weight is 126 g/mol. The Bertz CT molecular complexity index is 114. The van der Waals surface area contributed by atoms with Gasteiger partial charge < -0.3 is 0 Å². The fourth-order valence-corrected chi connectivity index (χ4v) is 1.95. The molecule has 0 spiro atoms. The minimum atomic E-state index is 0.545. The molecule has 0 N–H and O–H groups in total. The lowest BCUT2D eigenvalue weighted by atomic mass is 9.86. The monoisotopic (exact) mass is 126 g/mol. The van der Waals surface area contributed by atoms with E-state index < -0.39 is 0 Å². The Balaban J connectivity index is 2.52. The zero-order chi connectivity index (χ0) is 7.28. The molecule has 9 heavy (non-hydrogen) atoms. The summed E-state index contributed by atoms with van der Waals surface area (Å²) in [5.74, 6) is 0.963. The first-order chi connectivity index (χ1) is 3.84. The van der Waals surface area contributed by atoms with Crippen molar-refractivity contribution in [2.24, 2.45) is 16.7 Å². The van der Waals surface area contributed by atoms with Gasteiger partial charge in [0.15, 0.2) is 0 Å². The average Bonchev–Trinajstić information content (AvgIpc) is 2.10. The first-order valence-electron chi connectivity index (χ1n) is 3.84. The van der Waals surface area contributed by atoms with Gasteiger partial charge in [-0.1, -0.05) is 34.6 Å². The van der Waals surface area contributed by atoms with Crippen LogP contribution in [0.5, 0.6) is 0 Å².